The number of amides is 1. The summed E-state index contributed by atoms with van der Waals surface area (Å²) in [4.78, 5) is 16.0. The van der Waals surface area contributed by atoms with Crippen molar-refractivity contribution >= 4 is 16.9 Å². The van der Waals surface area contributed by atoms with Crippen molar-refractivity contribution in [1.29, 1.82) is 0 Å². The smallest absolute Gasteiger partial charge is 0.221 e. The number of rotatable bonds is 6. The Morgan fingerprint density at radius 1 is 1.42 bits per heavy atom. The molecule has 1 amide bonds. The predicted octanol–water partition coefficient (Wildman–Crippen LogP) is 1.06. The second-order valence-corrected chi connectivity index (χ2v) is 4.40. The number of aryl methyl sites for hydroxylation is 1. The summed E-state index contributed by atoms with van der Waals surface area (Å²) in [6.07, 6.45) is 1.11. The highest BCUT2D eigenvalue weighted by Crippen LogP contribution is 2.15. The number of aromatic nitrogens is 2. The molecule has 2 rings (SSSR count). The minimum absolute atomic E-state index is 0.00154. The SMILES string of the molecule is CCn1c(CCNC(=O)CCN)nc2ccccc21. The maximum absolute atomic E-state index is 11.3. The monoisotopic (exact) mass is 260 g/mol. The fraction of sp³-hybridized carbons (Fsp3) is 0.429. The van der Waals surface area contributed by atoms with Gasteiger partial charge in [0.05, 0.1) is 11.0 Å². The second kappa shape index (κ2) is 6.33. The number of benzene rings is 1. The first-order valence-corrected chi connectivity index (χ1v) is 6.67. The van der Waals surface area contributed by atoms with Gasteiger partial charge >= 0.3 is 0 Å². The minimum atomic E-state index is 0.00154. The summed E-state index contributed by atoms with van der Waals surface area (Å²) >= 11 is 0. The van der Waals surface area contributed by atoms with Crippen LogP contribution in [0.5, 0.6) is 0 Å². The molecule has 1 aromatic carbocycles. The number of nitrogens with zero attached hydrogens (tertiary/aromatic N) is 2. The van der Waals surface area contributed by atoms with Crippen LogP contribution in [0.15, 0.2) is 24.3 Å². The van der Waals surface area contributed by atoms with Gasteiger partial charge in [-0.25, -0.2) is 4.98 Å². The Morgan fingerprint density at radius 3 is 2.95 bits per heavy atom. The van der Waals surface area contributed by atoms with E-state index in [9.17, 15) is 4.79 Å². The van der Waals surface area contributed by atoms with Crippen molar-refractivity contribution in [2.75, 3.05) is 13.1 Å². The topological polar surface area (TPSA) is 72.9 Å². The summed E-state index contributed by atoms with van der Waals surface area (Å²) in [6.45, 7) is 3.97. The molecule has 2 aromatic rings. The van der Waals surface area contributed by atoms with Crippen LogP contribution in [0.25, 0.3) is 11.0 Å². The zero-order valence-corrected chi connectivity index (χ0v) is 11.2. The number of imidazole rings is 1. The fourth-order valence-electron chi connectivity index (χ4n) is 2.20. The molecule has 0 saturated heterocycles. The number of hydrogen-bond acceptors (Lipinski definition) is 3. The van der Waals surface area contributed by atoms with E-state index in [0.29, 0.717) is 19.5 Å². The molecular weight excluding hydrogens is 240 g/mol. The van der Waals surface area contributed by atoms with Gasteiger partial charge in [-0.1, -0.05) is 12.1 Å². The van der Waals surface area contributed by atoms with Gasteiger partial charge in [-0.15, -0.1) is 0 Å². The number of nitrogens with one attached hydrogen (secondary N) is 1. The van der Waals surface area contributed by atoms with Gasteiger partial charge in [-0.3, -0.25) is 4.79 Å². The lowest BCUT2D eigenvalue weighted by atomic mass is 10.3. The van der Waals surface area contributed by atoms with Gasteiger partial charge in [0.25, 0.3) is 0 Å². The highest BCUT2D eigenvalue weighted by molar-refractivity contribution is 5.76. The van der Waals surface area contributed by atoms with E-state index in [1.807, 2.05) is 18.2 Å². The Hall–Kier alpha value is -1.88. The van der Waals surface area contributed by atoms with Crippen molar-refractivity contribution in [3.8, 4) is 0 Å². The third kappa shape index (κ3) is 3.12. The van der Waals surface area contributed by atoms with Crippen molar-refractivity contribution in [1.82, 2.24) is 14.9 Å². The van der Waals surface area contributed by atoms with Gasteiger partial charge in [0, 0.05) is 32.5 Å². The molecule has 5 heteroatoms. The maximum atomic E-state index is 11.3. The average molecular weight is 260 g/mol. The van der Waals surface area contributed by atoms with Gasteiger partial charge in [0.15, 0.2) is 0 Å². The summed E-state index contributed by atoms with van der Waals surface area (Å²) in [6, 6.07) is 8.09. The third-order valence-electron chi connectivity index (χ3n) is 3.09. The van der Waals surface area contributed by atoms with Crippen molar-refractivity contribution in [2.45, 2.75) is 26.3 Å². The molecule has 0 unspecified atom stereocenters. The van der Waals surface area contributed by atoms with E-state index in [-0.39, 0.29) is 5.91 Å². The molecule has 3 N–H and O–H groups in total. The molecule has 102 valence electrons. The Bertz CT molecular complexity index is 562. The van der Waals surface area contributed by atoms with Crippen LogP contribution in [0.2, 0.25) is 0 Å². The molecule has 0 radical (unpaired) electrons. The Kier molecular flexibility index (Phi) is 4.52. The Balaban J connectivity index is 2.06. The molecule has 1 heterocycles. The van der Waals surface area contributed by atoms with E-state index >= 15 is 0 Å². The van der Waals surface area contributed by atoms with E-state index in [0.717, 1.165) is 29.8 Å². The molecule has 0 fully saturated rings. The lowest BCUT2D eigenvalue weighted by Gasteiger charge is -2.07. The summed E-state index contributed by atoms with van der Waals surface area (Å²) in [5, 5.41) is 2.86. The van der Waals surface area contributed by atoms with E-state index in [1.54, 1.807) is 0 Å². The Labute approximate surface area is 112 Å². The zero-order chi connectivity index (χ0) is 13.7. The summed E-state index contributed by atoms with van der Waals surface area (Å²) < 4.78 is 2.18. The van der Waals surface area contributed by atoms with Crippen LogP contribution < -0.4 is 11.1 Å². The number of hydrogen-bond donors (Lipinski definition) is 2. The molecule has 0 aliphatic carbocycles. The van der Waals surface area contributed by atoms with Crippen molar-refractivity contribution in [2.24, 2.45) is 5.73 Å². The zero-order valence-electron chi connectivity index (χ0n) is 11.2. The molecule has 19 heavy (non-hydrogen) atoms. The fourth-order valence-corrected chi connectivity index (χ4v) is 2.20. The maximum Gasteiger partial charge on any atom is 0.221 e. The molecule has 0 atom stereocenters. The van der Waals surface area contributed by atoms with Crippen LogP contribution in [0.3, 0.4) is 0 Å². The third-order valence-corrected chi connectivity index (χ3v) is 3.09. The van der Waals surface area contributed by atoms with Crippen LogP contribution in [0.1, 0.15) is 19.2 Å². The standard InChI is InChI=1S/C14H20N4O/c1-2-18-12-6-4-3-5-11(12)17-13(18)8-10-16-14(19)7-9-15/h3-6H,2,7-10,15H2,1H3,(H,16,19). The molecule has 0 saturated carbocycles. The van der Waals surface area contributed by atoms with Gasteiger partial charge in [0.2, 0.25) is 5.91 Å². The highest BCUT2D eigenvalue weighted by atomic mass is 16.1. The van der Waals surface area contributed by atoms with E-state index in [4.69, 9.17) is 5.73 Å². The van der Waals surface area contributed by atoms with Crippen LogP contribution >= 0.6 is 0 Å². The summed E-state index contributed by atoms with van der Waals surface area (Å²) in [5.74, 6) is 1.01. The summed E-state index contributed by atoms with van der Waals surface area (Å²) in [5.41, 5.74) is 7.49. The van der Waals surface area contributed by atoms with Crippen LogP contribution in [0.4, 0.5) is 0 Å². The van der Waals surface area contributed by atoms with Crippen LogP contribution in [-0.4, -0.2) is 28.5 Å². The van der Waals surface area contributed by atoms with Crippen LogP contribution in [0, 0.1) is 0 Å². The number of para-hydroxylation sites is 2. The first-order valence-electron chi connectivity index (χ1n) is 6.67. The van der Waals surface area contributed by atoms with Gasteiger partial charge < -0.3 is 15.6 Å². The number of carbonyl (C=O) groups is 1. The highest BCUT2D eigenvalue weighted by Gasteiger charge is 2.08. The van der Waals surface area contributed by atoms with Crippen molar-refractivity contribution < 1.29 is 4.79 Å². The Morgan fingerprint density at radius 2 is 2.21 bits per heavy atom. The molecule has 0 bridgehead atoms. The van der Waals surface area contributed by atoms with E-state index < -0.39 is 0 Å². The quantitative estimate of drug-likeness (QED) is 0.815. The van der Waals surface area contributed by atoms with Crippen molar-refractivity contribution in [3.63, 3.8) is 0 Å². The van der Waals surface area contributed by atoms with Gasteiger partial charge in [-0.2, -0.15) is 0 Å². The van der Waals surface area contributed by atoms with Gasteiger partial charge in [-0.05, 0) is 19.1 Å². The molecule has 5 nitrogen and oxygen atoms in total. The molecule has 0 aliphatic heterocycles. The normalized spacial score (nSPS) is 10.8. The van der Waals surface area contributed by atoms with Crippen LogP contribution in [-0.2, 0) is 17.8 Å². The second-order valence-electron chi connectivity index (χ2n) is 4.40. The number of nitrogens with two attached hydrogens (primary N) is 1. The lowest BCUT2D eigenvalue weighted by Crippen LogP contribution is -2.28. The van der Waals surface area contributed by atoms with E-state index in [2.05, 4.69) is 27.9 Å². The first kappa shape index (κ1) is 13.5. The average Bonchev–Trinajstić information content (AvgIpc) is 2.76. The number of fused-ring (bicyclic) bond motifs is 1. The lowest BCUT2D eigenvalue weighted by molar-refractivity contribution is -0.120. The first-order chi connectivity index (χ1) is 9.26. The minimum Gasteiger partial charge on any atom is -0.356 e. The number of carbonyl (C=O) groups excluding carboxylic acids is 1. The van der Waals surface area contributed by atoms with E-state index in [1.165, 1.54) is 0 Å². The molecular formula is C14H20N4O. The largest absolute Gasteiger partial charge is 0.356 e. The van der Waals surface area contributed by atoms with Gasteiger partial charge in [0.1, 0.15) is 5.82 Å². The van der Waals surface area contributed by atoms with Crippen molar-refractivity contribution in [3.05, 3.63) is 30.1 Å². The predicted molar refractivity (Wildman–Crippen MR) is 75.8 cm³/mol. The summed E-state index contributed by atoms with van der Waals surface area (Å²) in [7, 11) is 0. The molecule has 0 spiro atoms. The molecule has 0 aliphatic rings. The molecule has 1 aromatic heterocycles.